The summed E-state index contributed by atoms with van der Waals surface area (Å²) < 4.78 is 6.69. The van der Waals surface area contributed by atoms with Crippen LogP contribution in [0.5, 0.6) is 5.75 Å². The van der Waals surface area contributed by atoms with Gasteiger partial charge in [-0.15, -0.1) is 35.3 Å². The second kappa shape index (κ2) is 6.94. The summed E-state index contributed by atoms with van der Waals surface area (Å²) in [4.78, 5) is 24.9. The molecule has 0 bridgehead atoms. The van der Waals surface area contributed by atoms with E-state index in [1.165, 1.54) is 22.7 Å². The number of nitrogens with zero attached hydrogens (tertiary/aromatic N) is 3. The van der Waals surface area contributed by atoms with Gasteiger partial charge in [-0.2, -0.15) is 0 Å². The topological polar surface area (TPSA) is 99.7 Å². The van der Waals surface area contributed by atoms with Crippen LogP contribution in [0.15, 0.2) is 33.1 Å². The van der Waals surface area contributed by atoms with Crippen molar-refractivity contribution in [2.24, 2.45) is 5.16 Å². The molecule has 2 aromatic heterocycles. The number of hydrogen-bond acceptors (Lipinski definition) is 10. The molecule has 23 heavy (non-hydrogen) atoms. The Hall–Kier alpha value is -2.17. The number of aromatic nitrogens is 2. The lowest BCUT2D eigenvalue weighted by Crippen LogP contribution is -2.09. The van der Waals surface area contributed by atoms with Gasteiger partial charge in [0.1, 0.15) is 9.86 Å². The zero-order valence-electron chi connectivity index (χ0n) is 11.5. The largest absolute Gasteiger partial charge is 0.420 e. The molecule has 0 aliphatic heterocycles. The van der Waals surface area contributed by atoms with E-state index in [1.54, 1.807) is 17.5 Å². The van der Waals surface area contributed by atoms with Crippen molar-refractivity contribution in [3.05, 3.63) is 29.3 Å². The lowest BCUT2D eigenvalue weighted by Gasteiger charge is -2.01. The van der Waals surface area contributed by atoms with Crippen molar-refractivity contribution in [1.29, 1.82) is 0 Å². The average molecular weight is 366 g/mol. The molecule has 0 saturated carbocycles. The lowest BCUT2D eigenvalue weighted by atomic mass is 10.3. The van der Waals surface area contributed by atoms with E-state index in [1.807, 2.05) is 6.07 Å². The van der Waals surface area contributed by atoms with Crippen molar-refractivity contribution < 1.29 is 14.4 Å². The highest BCUT2D eigenvalue weighted by Gasteiger charge is 2.10. The quantitative estimate of drug-likeness (QED) is 0.237. The highest BCUT2D eigenvalue weighted by Crippen LogP contribution is 2.31. The SMILES string of the molecule is Nc1nc(CO/N=C\C(=O)Oc2cccc3sc(S)nc23)cs1. The Morgan fingerprint density at radius 3 is 3.09 bits per heavy atom. The monoisotopic (exact) mass is 366 g/mol. The van der Waals surface area contributed by atoms with Crippen LogP contribution in [0.25, 0.3) is 10.2 Å². The average Bonchev–Trinajstić information content (AvgIpc) is 3.09. The number of hydrogen-bond donors (Lipinski definition) is 2. The minimum absolute atomic E-state index is 0.127. The summed E-state index contributed by atoms with van der Waals surface area (Å²) >= 11 is 6.90. The van der Waals surface area contributed by atoms with Crippen molar-refractivity contribution in [2.75, 3.05) is 5.73 Å². The highest BCUT2D eigenvalue weighted by atomic mass is 32.2. The molecule has 0 atom stereocenters. The number of benzene rings is 1. The van der Waals surface area contributed by atoms with Crippen LogP contribution >= 0.6 is 35.3 Å². The maximum absolute atomic E-state index is 11.7. The first-order chi connectivity index (χ1) is 11.1. The third kappa shape index (κ3) is 3.97. The van der Waals surface area contributed by atoms with Crippen LogP contribution in [-0.2, 0) is 16.2 Å². The summed E-state index contributed by atoms with van der Waals surface area (Å²) in [6.07, 6.45) is 0.947. The normalized spacial score (nSPS) is 11.2. The molecule has 0 aliphatic carbocycles. The van der Waals surface area contributed by atoms with E-state index in [2.05, 4.69) is 27.8 Å². The van der Waals surface area contributed by atoms with Gasteiger partial charge in [-0.3, -0.25) is 0 Å². The molecule has 2 heterocycles. The molecule has 118 valence electrons. The molecule has 3 rings (SSSR count). The number of carbonyl (C=O) groups excluding carboxylic acids is 1. The number of oxime groups is 1. The third-order valence-corrected chi connectivity index (χ3v) is 4.52. The Morgan fingerprint density at radius 1 is 1.43 bits per heavy atom. The van der Waals surface area contributed by atoms with E-state index in [9.17, 15) is 4.79 Å². The van der Waals surface area contributed by atoms with Gasteiger partial charge in [0.2, 0.25) is 0 Å². The summed E-state index contributed by atoms with van der Waals surface area (Å²) in [5.41, 5.74) is 6.72. The van der Waals surface area contributed by atoms with Gasteiger partial charge in [-0.25, -0.2) is 14.8 Å². The van der Waals surface area contributed by atoms with Crippen molar-refractivity contribution in [2.45, 2.75) is 10.9 Å². The number of para-hydroxylation sites is 1. The van der Waals surface area contributed by atoms with Crippen molar-refractivity contribution >= 4 is 62.8 Å². The second-order valence-corrected chi connectivity index (χ2v) is 6.85. The zero-order valence-corrected chi connectivity index (χ0v) is 14.0. The van der Waals surface area contributed by atoms with Crippen LogP contribution in [0.2, 0.25) is 0 Å². The molecule has 0 saturated heterocycles. The van der Waals surface area contributed by atoms with Crippen molar-refractivity contribution in [1.82, 2.24) is 9.97 Å². The maximum atomic E-state index is 11.7. The molecule has 0 radical (unpaired) electrons. The fourth-order valence-electron chi connectivity index (χ4n) is 1.70. The Bertz CT molecular complexity index is 874. The summed E-state index contributed by atoms with van der Waals surface area (Å²) in [5, 5.41) is 5.75. The number of thiol groups is 1. The number of esters is 1. The molecule has 0 spiro atoms. The molecular weight excluding hydrogens is 356 g/mol. The van der Waals surface area contributed by atoms with Crippen LogP contribution in [0, 0.1) is 0 Å². The number of thiazole rings is 2. The molecule has 0 fully saturated rings. The Kier molecular flexibility index (Phi) is 4.74. The van der Waals surface area contributed by atoms with E-state index >= 15 is 0 Å². The fourth-order valence-corrected chi connectivity index (χ4v) is 3.37. The first-order valence-electron chi connectivity index (χ1n) is 6.27. The molecule has 2 N–H and O–H groups in total. The Labute approximate surface area is 144 Å². The molecule has 1 aromatic carbocycles. The third-order valence-electron chi connectivity index (χ3n) is 2.60. The smallest absolute Gasteiger partial charge is 0.358 e. The molecule has 10 heteroatoms. The van der Waals surface area contributed by atoms with Gasteiger partial charge >= 0.3 is 5.97 Å². The summed E-state index contributed by atoms with van der Waals surface area (Å²) in [5.74, 6) is -0.313. The standard InChI is InChI=1S/C13H10N4O3S3/c14-12-16-7(6-22-12)5-19-15-4-10(18)20-8-2-1-3-9-11(8)17-13(21)23-9/h1-4,6H,5H2,(H2,14,16)(H,17,21)/b15-4-. The molecule has 0 aliphatic rings. The maximum Gasteiger partial charge on any atom is 0.358 e. The van der Waals surface area contributed by atoms with E-state index in [0.717, 1.165) is 10.9 Å². The van der Waals surface area contributed by atoms with Gasteiger partial charge in [0.05, 0.1) is 10.4 Å². The number of nitrogen functional groups attached to an aromatic ring is 1. The molecule has 3 aromatic rings. The first kappa shape index (κ1) is 15.7. The Morgan fingerprint density at radius 2 is 2.30 bits per heavy atom. The van der Waals surface area contributed by atoms with E-state index in [0.29, 0.717) is 26.4 Å². The van der Waals surface area contributed by atoms with Gasteiger partial charge in [-0.1, -0.05) is 11.2 Å². The van der Waals surface area contributed by atoms with Crippen LogP contribution in [-0.4, -0.2) is 22.2 Å². The van der Waals surface area contributed by atoms with E-state index in [4.69, 9.17) is 15.3 Å². The van der Waals surface area contributed by atoms with Crippen LogP contribution in [0.1, 0.15) is 5.69 Å². The minimum atomic E-state index is -0.663. The lowest BCUT2D eigenvalue weighted by molar-refractivity contribution is -0.126. The Balaban J connectivity index is 1.59. The van der Waals surface area contributed by atoms with Gasteiger partial charge in [0.15, 0.2) is 23.7 Å². The van der Waals surface area contributed by atoms with Gasteiger partial charge in [-0.05, 0) is 12.1 Å². The summed E-state index contributed by atoms with van der Waals surface area (Å²) in [7, 11) is 0. The van der Waals surface area contributed by atoms with E-state index < -0.39 is 5.97 Å². The molecule has 0 amide bonds. The fraction of sp³-hybridized carbons (Fsp3) is 0.0769. The number of carbonyl (C=O) groups is 1. The summed E-state index contributed by atoms with van der Waals surface area (Å²) in [6.45, 7) is 0.127. The van der Waals surface area contributed by atoms with Crippen LogP contribution in [0.4, 0.5) is 5.13 Å². The van der Waals surface area contributed by atoms with E-state index in [-0.39, 0.29) is 6.61 Å². The number of anilines is 1. The van der Waals surface area contributed by atoms with Gasteiger partial charge in [0.25, 0.3) is 0 Å². The van der Waals surface area contributed by atoms with Crippen molar-refractivity contribution in [3.8, 4) is 5.75 Å². The number of fused-ring (bicyclic) bond motifs is 1. The highest BCUT2D eigenvalue weighted by molar-refractivity contribution is 7.82. The molecule has 7 nitrogen and oxygen atoms in total. The molecular formula is C13H10N4O3S3. The zero-order chi connectivity index (χ0) is 16.2. The van der Waals surface area contributed by atoms with Crippen LogP contribution < -0.4 is 10.5 Å². The number of nitrogens with two attached hydrogens (primary N) is 1. The van der Waals surface area contributed by atoms with Gasteiger partial charge < -0.3 is 15.3 Å². The number of rotatable bonds is 5. The summed E-state index contributed by atoms with van der Waals surface area (Å²) in [6, 6.07) is 5.30. The second-order valence-electron chi connectivity index (χ2n) is 4.21. The number of ether oxygens (including phenoxy) is 1. The van der Waals surface area contributed by atoms with Crippen molar-refractivity contribution in [3.63, 3.8) is 0 Å². The van der Waals surface area contributed by atoms with Gasteiger partial charge in [0, 0.05) is 5.38 Å². The van der Waals surface area contributed by atoms with Crippen LogP contribution in [0.3, 0.4) is 0 Å². The predicted molar refractivity (Wildman–Crippen MR) is 92.3 cm³/mol. The predicted octanol–water partition coefficient (Wildman–Crippen LogP) is 2.73. The first-order valence-corrected chi connectivity index (χ1v) is 8.41. The minimum Gasteiger partial charge on any atom is -0.420 e. The molecule has 0 unspecified atom stereocenters.